The maximum Gasteiger partial charge on any atom is 0.225 e. The first-order valence-corrected chi connectivity index (χ1v) is 8.08. The van der Waals surface area contributed by atoms with Crippen molar-refractivity contribution in [2.45, 2.75) is 47.2 Å². The third kappa shape index (κ3) is 3.75. The van der Waals surface area contributed by atoms with E-state index in [-0.39, 0.29) is 17.9 Å². The van der Waals surface area contributed by atoms with E-state index in [0.29, 0.717) is 11.6 Å². The van der Waals surface area contributed by atoms with Crippen LogP contribution in [0.3, 0.4) is 0 Å². The van der Waals surface area contributed by atoms with E-state index in [2.05, 4.69) is 15.5 Å². The van der Waals surface area contributed by atoms with Crippen molar-refractivity contribution in [3.63, 3.8) is 0 Å². The van der Waals surface area contributed by atoms with Crippen molar-refractivity contribution in [3.8, 4) is 0 Å². The quantitative estimate of drug-likeness (QED) is 0.912. The van der Waals surface area contributed by atoms with Gasteiger partial charge in [-0.2, -0.15) is 10.2 Å². The predicted octanol–water partition coefficient (Wildman–Crippen LogP) is 2.71. The van der Waals surface area contributed by atoms with Crippen LogP contribution in [0.15, 0.2) is 6.20 Å². The number of nitrogens with zero attached hydrogens (tertiary/aromatic N) is 4. The number of halogens is 1. The number of nitrogens with one attached hydrogen (secondary N) is 1. The van der Waals surface area contributed by atoms with Crippen LogP contribution in [0.1, 0.15) is 42.5 Å². The lowest BCUT2D eigenvalue weighted by Crippen LogP contribution is -2.34. The van der Waals surface area contributed by atoms with Gasteiger partial charge in [-0.25, -0.2) is 0 Å². The molecule has 2 atom stereocenters. The van der Waals surface area contributed by atoms with E-state index >= 15 is 0 Å². The van der Waals surface area contributed by atoms with Gasteiger partial charge in [0.1, 0.15) is 0 Å². The molecule has 0 bridgehead atoms. The molecule has 7 heteroatoms. The molecule has 0 aliphatic rings. The van der Waals surface area contributed by atoms with Crippen LogP contribution < -0.4 is 5.32 Å². The maximum absolute atomic E-state index is 12.4. The Morgan fingerprint density at radius 1 is 1.26 bits per heavy atom. The fourth-order valence-corrected chi connectivity index (χ4v) is 2.81. The Kier molecular flexibility index (Phi) is 5.14. The van der Waals surface area contributed by atoms with Gasteiger partial charge in [-0.1, -0.05) is 18.5 Å². The normalized spacial score (nSPS) is 13.9. The molecule has 6 nitrogen and oxygen atoms in total. The van der Waals surface area contributed by atoms with Crippen LogP contribution in [0.5, 0.6) is 0 Å². The number of hydrogen-bond donors (Lipinski definition) is 1. The molecule has 126 valence electrons. The number of carbonyl (C=O) groups excluding carboxylic acids is 1. The summed E-state index contributed by atoms with van der Waals surface area (Å²) in [5.74, 6) is -0.215. The lowest BCUT2D eigenvalue weighted by atomic mass is 10.1. The number of amides is 1. The van der Waals surface area contributed by atoms with Crippen LogP contribution in [0.4, 0.5) is 0 Å². The average molecular weight is 338 g/mol. The molecule has 23 heavy (non-hydrogen) atoms. The first kappa shape index (κ1) is 17.5. The van der Waals surface area contributed by atoms with Gasteiger partial charge in [0.05, 0.1) is 40.6 Å². The molecule has 0 spiro atoms. The summed E-state index contributed by atoms with van der Waals surface area (Å²) in [4.78, 5) is 12.4. The molecular formula is C16H24ClN5O. The number of hydrogen-bond acceptors (Lipinski definition) is 3. The predicted molar refractivity (Wildman–Crippen MR) is 90.4 cm³/mol. The van der Waals surface area contributed by atoms with Crippen LogP contribution in [0.2, 0.25) is 5.02 Å². The van der Waals surface area contributed by atoms with E-state index in [9.17, 15) is 4.79 Å². The van der Waals surface area contributed by atoms with E-state index in [1.165, 1.54) is 0 Å². The van der Waals surface area contributed by atoms with Crippen LogP contribution in [-0.4, -0.2) is 25.5 Å². The lowest BCUT2D eigenvalue weighted by Gasteiger charge is -2.18. The van der Waals surface area contributed by atoms with Crippen molar-refractivity contribution >= 4 is 17.5 Å². The number of rotatable bonds is 5. The van der Waals surface area contributed by atoms with Crippen LogP contribution in [0.25, 0.3) is 0 Å². The van der Waals surface area contributed by atoms with Crippen molar-refractivity contribution in [2.24, 2.45) is 13.0 Å². The summed E-state index contributed by atoms with van der Waals surface area (Å²) in [6.07, 6.45) is 1.94. The summed E-state index contributed by atoms with van der Waals surface area (Å²) < 4.78 is 3.55. The molecule has 1 N–H and O–H groups in total. The van der Waals surface area contributed by atoms with Crippen LogP contribution >= 0.6 is 11.6 Å². The molecule has 2 aromatic rings. The Morgan fingerprint density at radius 3 is 2.39 bits per heavy atom. The summed E-state index contributed by atoms with van der Waals surface area (Å²) in [5, 5.41) is 12.4. The van der Waals surface area contributed by atoms with Gasteiger partial charge >= 0.3 is 0 Å². The molecular weight excluding hydrogens is 314 g/mol. The molecule has 0 fully saturated rings. The van der Waals surface area contributed by atoms with Crippen molar-refractivity contribution in [1.82, 2.24) is 24.9 Å². The van der Waals surface area contributed by atoms with E-state index in [4.69, 9.17) is 11.6 Å². The smallest absolute Gasteiger partial charge is 0.225 e. The van der Waals surface area contributed by atoms with E-state index in [0.717, 1.165) is 22.6 Å². The number of carbonyl (C=O) groups is 1. The minimum atomic E-state index is -0.205. The Labute approximate surface area is 141 Å². The van der Waals surface area contributed by atoms with Gasteiger partial charge in [0, 0.05) is 18.8 Å². The highest BCUT2D eigenvalue weighted by Gasteiger charge is 2.20. The highest BCUT2D eigenvalue weighted by molar-refractivity contribution is 6.31. The molecule has 2 heterocycles. The maximum atomic E-state index is 12.4. The fraction of sp³-hybridized carbons (Fsp3) is 0.562. The first-order chi connectivity index (χ1) is 10.7. The summed E-state index contributed by atoms with van der Waals surface area (Å²) in [6.45, 7) is 10.1. The second-order valence-corrected chi connectivity index (χ2v) is 6.52. The monoisotopic (exact) mass is 337 g/mol. The van der Waals surface area contributed by atoms with E-state index < -0.39 is 0 Å². The average Bonchev–Trinajstić information content (AvgIpc) is 2.93. The number of aryl methyl sites for hydroxylation is 3. The van der Waals surface area contributed by atoms with Gasteiger partial charge in [-0.15, -0.1) is 0 Å². The minimum absolute atomic E-state index is 0.00979. The molecule has 0 radical (unpaired) electrons. The molecule has 1 amide bonds. The third-order valence-electron chi connectivity index (χ3n) is 4.06. The zero-order valence-corrected chi connectivity index (χ0v) is 15.3. The third-order valence-corrected chi connectivity index (χ3v) is 4.61. The van der Waals surface area contributed by atoms with Crippen molar-refractivity contribution in [3.05, 3.63) is 33.9 Å². The Hall–Kier alpha value is -1.82. The highest BCUT2D eigenvalue weighted by Crippen LogP contribution is 2.20. The molecule has 0 aromatic carbocycles. The SMILES string of the molecule is Cc1nn(C)cc1C(C)NC(=O)C(C)Cn1nc(C)c(Cl)c1C. The van der Waals surface area contributed by atoms with Crippen molar-refractivity contribution < 1.29 is 4.79 Å². The summed E-state index contributed by atoms with van der Waals surface area (Å²) in [6, 6.07) is -0.0808. The van der Waals surface area contributed by atoms with Gasteiger partial charge in [-0.05, 0) is 27.7 Å². The van der Waals surface area contributed by atoms with Crippen LogP contribution in [0, 0.1) is 26.7 Å². The first-order valence-electron chi connectivity index (χ1n) is 7.70. The Balaban J connectivity index is 2.02. The zero-order chi connectivity index (χ0) is 17.3. The van der Waals surface area contributed by atoms with Gasteiger partial charge in [-0.3, -0.25) is 14.2 Å². The molecule has 2 rings (SSSR count). The summed E-state index contributed by atoms with van der Waals surface area (Å²) in [5.41, 5.74) is 3.64. The topological polar surface area (TPSA) is 64.7 Å². The largest absolute Gasteiger partial charge is 0.349 e. The van der Waals surface area contributed by atoms with Gasteiger partial charge in [0.15, 0.2) is 0 Å². The van der Waals surface area contributed by atoms with Gasteiger partial charge in [0.2, 0.25) is 5.91 Å². The fourth-order valence-electron chi connectivity index (χ4n) is 2.67. The second-order valence-electron chi connectivity index (χ2n) is 6.14. The molecule has 2 unspecified atom stereocenters. The lowest BCUT2D eigenvalue weighted by molar-refractivity contribution is -0.125. The standard InChI is InChI=1S/C16H24ClN5O/c1-9(7-22-13(5)15(17)12(4)20-22)16(23)18-10(2)14-8-21(6)19-11(14)3/h8-10H,7H2,1-6H3,(H,18,23). The highest BCUT2D eigenvalue weighted by atomic mass is 35.5. The van der Waals surface area contributed by atoms with Crippen LogP contribution in [-0.2, 0) is 18.4 Å². The summed E-state index contributed by atoms with van der Waals surface area (Å²) >= 11 is 6.15. The Bertz CT molecular complexity index is 718. The van der Waals surface area contributed by atoms with Crippen molar-refractivity contribution in [1.29, 1.82) is 0 Å². The summed E-state index contributed by atoms with van der Waals surface area (Å²) in [7, 11) is 1.88. The van der Waals surface area contributed by atoms with Gasteiger partial charge < -0.3 is 5.32 Å². The van der Waals surface area contributed by atoms with Crippen molar-refractivity contribution in [2.75, 3.05) is 0 Å². The number of aromatic nitrogens is 4. The molecule has 2 aromatic heterocycles. The molecule has 0 aliphatic carbocycles. The molecule has 0 saturated carbocycles. The van der Waals surface area contributed by atoms with E-state index in [1.807, 2.05) is 47.9 Å². The van der Waals surface area contributed by atoms with Gasteiger partial charge in [0.25, 0.3) is 0 Å². The minimum Gasteiger partial charge on any atom is -0.349 e. The van der Waals surface area contributed by atoms with E-state index in [1.54, 1.807) is 9.36 Å². The second kappa shape index (κ2) is 6.74. The Morgan fingerprint density at radius 2 is 1.91 bits per heavy atom. The molecule has 0 aliphatic heterocycles. The zero-order valence-electron chi connectivity index (χ0n) is 14.5. The molecule has 0 saturated heterocycles.